The summed E-state index contributed by atoms with van der Waals surface area (Å²) in [5.74, 6) is 0. The van der Waals surface area contributed by atoms with E-state index in [0.717, 1.165) is 46.3 Å². The fourth-order valence-corrected chi connectivity index (χ4v) is 10.3. The predicted molar refractivity (Wildman–Crippen MR) is 320 cm³/mol. The average molecular weight is 1100 g/mol. The fraction of sp³-hybridized carbons (Fsp3) is 0.475. The number of H-pyrrole nitrogens is 4. The van der Waals surface area contributed by atoms with Gasteiger partial charge in [-0.25, -0.2) is 0 Å². The van der Waals surface area contributed by atoms with Crippen molar-refractivity contribution in [2.75, 3.05) is 0 Å². The maximum atomic E-state index is 13.1. The van der Waals surface area contributed by atoms with Gasteiger partial charge in [0.25, 0.3) is 0 Å². The van der Waals surface area contributed by atoms with E-state index in [0.29, 0.717) is 10.8 Å². The van der Waals surface area contributed by atoms with Gasteiger partial charge < -0.3 is 57.2 Å². The van der Waals surface area contributed by atoms with Crippen LogP contribution in [0.2, 0.25) is 0 Å². The highest BCUT2D eigenvalue weighted by Crippen LogP contribution is 2.41. The third-order valence-corrected chi connectivity index (χ3v) is 18.2. The standard InChI is InChI=1S/2C16H22BNO2.C15H17BF3NO2.C14H18BNO2/c1-6-11-7-8-13-12(9-10-18-13)14(11)17-19-15(2,3)16(4,5)20-17;1-6-11-7-8-13(12-9-10-18-14(11)12)17-19-15(2,3)16(4,5)20-17;1-13(2)14(3,4)22-16(21-13)11-6-5-10(15(17,18)19)12-9(11)7-8-20-12;1-13(2)14(3,4)18-15(17-13)11-6-5-7-12-10(11)8-9-16-12/h2*7-10,18H,6H2,1-5H3;5-8,20H,1-4H3;5-9,16H,1-4H3. The smallest absolute Gasteiger partial charge is 0.399 e. The van der Waals surface area contributed by atoms with E-state index in [1.165, 1.54) is 45.1 Å². The molecular weight excluding hydrogens is 1020 g/mol. The molecule has 4 aliphatic rings. The van der Waals surface area contributed by atoms with Crippen LogP contribution in [-0.4, -0.2) is 93.2 Å². The maximum absolute atomic E-state index is 13.1. The van der Waals surface area contributed by atoms with Crippen molar-refractivity contribution in [2.24, 2.45) is 0 Å². The number of hydrogen-bond donors (Lipinski definition) is 4. The lowest BCUT2D eigenvalue weighted by Crippen LogP contribution is -2.41. The summed E-state index contributed by atoms with van der Waals surface area (Å²) in [5.41, 5.74) is 6.51. The number of alkyl halides is 3. The molecule has 8 heterocycles. The number of halogens is 3. The second-order valence-electron chi connectivity index (χ2n) is 25.5. The Bertz CT molecular complexity index is 3460. The summed E-state index contributed by atoms with van der Waals surface area (Å²) in [6.45, 7) is 37.0. The van der Waals surface area contributed by atoms with E-state index in [4.69, 9.17) is 37.2 Å². The van der Waals surface area contributed by atoms with Gasteiger partial charge in [0, 0.05) is 41.3 Å². The van der Waals surface area contributed by atoms with Gasteiger partial charge in [0.1, 0.15) is 0 Å². The highest BCUT2D eigenvalue weighted by atomic mass is 19.4. The van der Waals surface area contributed by atoms with E-state index in [9.17, 15) is 13.2 Å². The SMILES string of the molecule is CC1(C)OB(c2ccc(C(F)(F)F)c3[nH]ccc23)OC1(C)C.CC1(C)OB(c2cccc3[nH]ccc23)OC1(C)C.CCc1ccc(B2OC(C)(C)C(C)(C)O2)c2cc[nH]c12.CCc1ccc2[nH]ccc2c1B1OC(C)(C)C(C)(C)O1. The van der Waals surface area contributed by atoms with Crippen LogP contribution >= 0.6 is 0 Å². The molecule has 4 fully saturated rings. The van der Waals surface area contributed by atoms with Crippen LogP contribution in [0.3, 0.4) is 0 Å². The van der Waals surface area contributed by atoms with E-state index in [-0.39, 0.29) is 60.5 Å². The molecule has 12 nitrogen and oxygen atoms in total. The molecule has 0 atom stereocenters. The van der Waals surface area contributed by atoms with Gasteiger partial charge in [0.2, 0.25) is 0 Å². The lowest BCUT2D eigenvalue weighted by Gasteiger charge is -2.32. The van der Waals surface area contributed by atoms with Crippen LogP contribution in [0.1, 0.15) is 141 Å². The van der Waals surface area contributed by atoms with Crippen LogP contribution < -0.4 is 21.9 Å². The van der Waals surface area contributed by atoms with Gasteiger partial charge in [0.05, 0.1) is 55.9 Å². The molecule has 12 rings (SSSR count). The first kappa shape index (κ1) is 59.4. The minimum absolute atomic E-state index is 0.0553. The molecule has 4 N–H and O–H groups in total. The van der Waals surface area contributed by atoms with Crippen LogP contribution in [0.25, 0.3) is 43.6 Å². The number of aromatic nitrogens is 4. The van der Waals surface area contributed by atoms with Gasteiger partial charge in [-0.1, -0.05) is 50.2 Å². The quantitative estimate of drug-likeness (QED) is 0.121. The van der Waals surface area contributed by atoms with Crippen molar-refractivity contribution in [3.05, 3.63) is 120 Å². The molecule has 8 aromatic rings. The van der Waals surface area contributed by atoms with E-state index in [1.807, 2.05) is 52.4 Å². The molecule has 80 heavy (non-hydrogen) atoms. The van der Waals surface area contributed by atoms with Crippen molar-refractivity contribution in [2.45, 2.75) is 188 Å². The van der Waals surface area contributed by atoms with Gasteiger partial charge in [0.15, 0.2) is 0 Å². The van der Waals surface area contributed by atoms with Crippen LogP contribution in [0, 0.1) is 0 Å². The Morgan fingerprint density at radius 1 is 0.362 bits per heavy atom. The monoisotopic (exact) mass is 1100 g/mol. The molecule has 0 spiro atoms. The predicted octanol–water partition coefficient (Wildman–Crippen LogP) is 12.0. The molecule has 0 unspecified atom stereocenters. The molecule has 4 aliphatic heterocycles. The lowest BCUT2D eigenvalue weighted by molar-refractivity contribution is -0.136. The maximum Gasteiger partial charge on any atom is 0.495 e. The first-order valence-electron chi connectivity index (χ1n) is 28.0. The van der Waals surface area contributed by atoms with Crippen molar-refractivity contribution in [1.29, 1.82) is 0 Å². The number of rotatable bonds is 6. The van der Waals surface area contributed by atoms with Gasteiger partial charge in [-0.15, -0.1) is 0 Å². The van der Waals surface area contributed by atoms with Crippen LogP contribution in [0.4, 0.5) is 13.2 Å². The molecule has 4 aromatic heterocycles. The Balaban J connectivity index is 0.000000129. The van der Waals surface area contributed by atoms with Crippen molar-refractivity contribution < 1.29 is 50.4 Å². The lowest BCUT2D eigenvalue weighted by atomic mass is 9.73. The largest absolute Gasteiger partial charge is 0.495 e. The van der Waals surface area contributed by atoms with E-state index in [2.05, 4.69) is 171 Å². The van der Waals surface area contributed by atoms with Crippen LogP contribution in [0.15, 0.2) is 104 Å². The minimum Gasteiger partial charge on any atom is -0.399 e. The second kappa shape index (κ2) is 20.9. The molecule has 4 saturated heterocycles. The summed E-state index contributed by atoms with van der Waals surface area (Å²) in [4.78, 5) is 12.5. The third-order valence-electron chi connectivity index (χ3n) is 18.2. The highest BCUT2D eigenvalue weighted by molar-refractivity contribution is 6.67. The average Bonchev–Trinajstić information content (AvgIpc) is 4.42. The molecule has 19 heteroatoms. The first-order chi connectivity index (χ1) is 37.1. The summed E-state index contributed by atoms with van der Waals surface area (Å²) >= 11 is 0. The Kier molecular flexibility index (Phi) is 15.5. The second-order valence-corrected chi connectivity index (χ2v) is 25.5. The van der Waals surface area contributed by atoms with Gasteiger partial charge in [-0.05, 0) is 221 Å². The Labute approximate surface area is 471 Å². The van der Waals surface area contributed by atoms with Crippen molar-refractivity contribution >= 4 is 93.9 Å². The van der Waals surface area contributed by atoms with Gasteiger partial charge >= 0.3 is 34.6 Å². The van der Waals surface area contributed by atoms with E-state index < -0.39 is 30.1 Å². The molecule has 0 aliphatic carbocycles. The van der Waals surface area contributed by atoms with Crippen molar-refractivity contribution in [1.82, 2.24) is 19.9 Å². The Hall–Kier alpha value is -5.23. The zero-order valence-corrected chi connectivity index (χ0v) is 49.9. The Morgan fingerprint density at radius 3 is 1.16 bits per heavy atom. The molecule has 4 aromatic carbocycles. The van der Waals surface area contributed by atoms with Crippen LogP contribution in [-0.2, 0) is 56.3 Å². The number of fused-ring (bicyclic) bond motifs is 4. The molecule has 424 valence electrons. The molecule has 0 bridgehead atoms. The molecular formula is C61H79B4F3N4O8. The minimum atomic E-state index is -4.41. The molecule has 0 saturated carbocycles. The number of aromatic amines is 4. The Morgan fingerprint density at radius 2 is 0.713 bits per heavy atom. The van der Waals surface area contributed by atoms with Crippen molar-refractivity contribution in [3.63, 3.8) is 0 Å². The number of aryl methyl sites for hydroxylation is 2. The number of nitrogens with one attached hydrogen (secondary N) is 4. The zero-order chi connectivity index (χ0) is 58.4. The fourth-order valence-electron chi connectivity index (χ4n) is 10.3. The third kappa shape index (κ3) is 10.9. The molecule has 0 amide bonds. The normalized spacial score (nSPS) is 21.0. The topological polar surface area (TPSA) is 137 Å². The summed E-state index contributed by atoms with van der Waals surface area (Å²) < 4.78 is 88.1. The molecule has 0 radical (unpaired) electrons. The summed E-state index contributed by atoms with van der Waals surface area (Å²) in [7, 11) is -1.58. The summed E-state index contributed by atoms with van der Waals surface area (Å²) in [5, 5.41) is 4.02. The summed E-state index contributed by atoms with van der Waals surface area (Å²) in [6.07, 6.45) is 4.98. The summed E-state index contributed by atoms with van der Waals surface area (Å²) in [6, 6.07) is 25.1. The van der Waals surface area contributed by atoms with Crippen LogP contribution in [0.5, 0.6) is 0 Å². The highest BCUT2D eigenvalue weighted by Gasteiger charge is 2.55. The number of benzene rings is 4. The van der Waals surface area contributed by atoms with Gasteiger partial charge in [-0.3, -0.25) is 0 Å². The van der Waals surface area contributed by atoms with Gasteiger partial charge in [-0.2, -0.15) is 13.2 Å². The first-order valence-corrected chi connectivity index (χ1v) is 28.0. The van der Waals surface area contributed by atoms with E-state index >= 15 is 0 Å². The van der Waals surface area contributed by atoms with Crippen molar-refractivity contribution in [3.8, 4) is 0 Å². The zero-order valence-electron chi connectivity index (χ0n) is 49.9. The number of hydrogen-bond acceptors (Lipinski definition) is 8. The van der Waals surface area contributed by atoms with E-state index in [1.54, 1.807) is 6.07 Å².